The van der Waals surface area contributed by atoms with Gasteiger partial charge in [-0.15, -0.1) is 0 Å². The molecule has 19 heavy (non-hydrogen) atoms. The lowest BCUT2D eigenvalue weighted by Gasteiger charge is -2.33. The van der Waals surface area contributed by atoms with Crippen molar-refractivity contribution < 1.29 is 24.6 Å². The first-order valence-electron chi connectivity index (χ1n) is 5.99. The number of carboxylic acid groups (broad SMARTS) is 1. The van der Waals surface area contributed by atoms with Crippen LogP contribution in [-0.2, 0) is 9.59 Å². The predicted molar refractivity (Wildman–Crippen MR) is 65.5 cm³/mol. The molecule has 3 amide bonds. The van der Waals surface area contributed by atoms with Crippen molar-refractivity contribution in [1.29, 1.82) is 0 Å². The van der Waals surface area contributed by atoms with Gasteiger partial charge in [-0.3, -0.25) is 9.59 Å². The Hall–Kier alpha value is -1.83. The van der Waals surface area contributed by atoms with Crippen molar-refractivity contribution in [2.75, 3.05) is 19.6 Å². The van der Waals surface area contributed by atoms with Gasteiger partial charge in [0.05, 0.1) is 12.0 Å². The molecular weight excluding hydrogens is 254 g/mol. The lowest BCUT2D eigenvalue weighted by atomic mass is 10.0. The Morgan fingerprint density at radius 2 is 2.21 bits per heavy atom. The maximum absolute atomic E-state index is 11.9. The molecule has 108 valence electrons. The van der Waals surface area contributed by atoms with Gasteiger partial charge >= 0.3 is 12.0 Å². The summed E-state index contributed by atoms with van der Waals surface area (Å²) in [6, 6.07) is -1.08. The number of aliphatic hydroxyl groups is 1. The molecule has 0 aromatic rings. The second kappa shape index (κ2) is 5.87. The molecule has 0 radical (unpaired) electrons. The monoisotopic (exact) mass is 273 g/mol. The lowest BCUT2D eigenvalue weighted by molar-refractivity contribution is -0.141. The molecule has 1 heterocycles. The Balaban J connectivity index is 2.51. The van der Waals surface area contributed by atoms with Crippen LogP contribution in [0.4, 0.5) is 4.79 Å². The molecule has 8 heteroatoms. The fourth-order valence-electron chi connectivity index (χ4n) is 1.82. The first-order valence-corrected chi connectivity index (χ1v) is 5.99. The van der Waals surface area contributed by atoms with Crippen molar-refractivity contribution in [3.05, 3.63) is 0 Å². The Morgan fingerprint density at radius 3 is 2.79 bits per heavy atom. The van der Waals surface area contributed by atoms with Crippen LogP contribution in [0.25, 0.3) is 0 Å². The third-order valence-electron chi connectivity index (χ3n) is 2.91. The van der Waals surface area contributed by atoms with Crippen LogP contribution in [-0.4, -0.2) is 64.3 Å². The SMILES string of the molecule is CC1C(=O)NCCN1C(=O)NCC(C)(O)CC(=O)O. The summed E-state index contributed by atoms with van der Waals surface area (Å²) in [6.45, 7) is 3.49. The summed E-state index contributed by atoms with van der Waals surface area (Å²) in [6.07, 6.45) is -0.469. The maximum atomic E-state index is 11.9. The molecule has 1 saturated heterocycles. The highest BCUT2D eigenvalue weighted by Gasteiger charge is 2.31. The largest absolute Gasteiger partial charge is 0.481 e. The Kier molecular flexibility index (Phi) is 4.71. The molecule has 4 N–H and O–H groups in total. The fourth-order valence-corrected chi connectivity index (χ4v) is 1.82. The first-order chi connectivity index (χ1) is 8.73. The van der Waals surface area contributed by atoms with Crippen LogP contribution >= 0.6 is 0 Å². The smallest absolute Gasteiger partial charge is 0.318 e. The van der Waals surface area contributed by atoms with Crippen LogP contribution in [0.15, 0.2) is 0 Å². The molecule has 1 aliphatic rings. The average molecular weight is 273 g/mol. The standard InChI is InChI=1S/C11H19N3O5/c1-7-9(17)12-3-4-14(7)10(18)13-6-11(2,19)5-8(15)16/h7,19H,3-6H2,1-2H3,(H,12,17)(H,13,18)(H,15,16). The minimum Gasteiger partial charge on any atom is -0.481 e. The topological polar surface area (TPSA) is 119 Å². The number of aliphatic carboxylic acids is 1. The minimum absolute atomic E-state index is 0.191. The van der Waals surface area contributed by atoms with E-state index in [2.05, 4.69) is 10.6 Å². The van der Waals surface area contributed by atoms with Crippen LogP contribution in [0, 0.1) is 0 Å². The third-order valence-corrected chi connectivity index (χ3v) is 2.91. The van der Waals surface area contributed by atoms with Gasteiger partial charge in [-0.2, -0.15) is 0 Å². The van der Waals surface area contributed by atoms with Crippen molar-refractivity contribution in [1.82, 2.24) is 15.5 Å². The van der Waals surface area contributed by atoms with Crippen LogP contribution in [0.3, 0.4) is 0 Å². The van der Waals surface area contributed by atoms with Crippen LogP contribution in [0.2, 0.25) is 0 Å². The number of piperazine rings is 1. The molecular formula is C11H19N3O5. The molecule has 1 fully saturated rings. The summed E-state index contributed by atoms with van der Waals surface area (Å²) in [5.41, 5.74) is -1.53. The van der Waals surface area contributed by atoms with E-state index < -0.39 is 30.1 Å². The number of rotatable bonds is 4. The number of carboxylic acids is 1. The second-order valence-corrected chi connectivity index (χ2v) is 4.89. The van der Waals surface area contributed by atoms with Gasteiger partial charge < -0.3 is 25.7 Å². The summed E-state index contributed by atoms with van der Waals surface area (Å²) in [5.74, 6) is -1.39. The van der Waals surface area contributed by atoms with Gasteiger partial charge in [0.15, 0.2) is 0 Å². The van der Waals surface area contributed by atoms with Gasteiger partial charge in [-0.25, -0.2) is 4.79 Å². The minimum atomic E-state index is -1.53. The number of carbonyl (C=O) groups excluding carboxylic acids is 2. The van der Waals surface area contributed by atoms with E-state index in [0.29, 0.717) is 13.1 Å². The van der Waals surface area contributed by atoms with Crippen LogP contribution in [0.5, 0.6) is 0 Å². The van der Waals surface area contributed by atoms with Crippen molar-refractivity contribution in [2.24, 2.45) is 0 Å². The number of carbonyl (C=O) groups is 3. The highest BCUT2D eigenvalue weighted by atomic mass is 16.4. The molecule has 8 nitrogen and oxygen atoms in total. The van der Waals surface area contributed by atoms with Crippen molar-refractivity contribution >= 4 is 17.9 Å². The molecule has 0 bridgehead atoms. The summed E-state index contributed by atoms with van der Waals surface area (Å²) < 4.78 is 0. The zero-order valence-electron chi connectivity index (χ0n) is 11.0. The van der Waals surface area contributed by atoms with Gasteiger partial charge in [0.1, 0.15) is 6.04 Å². The number of urea groups is 1. The van der Waals surface area contributed by atoms with Crippen LogP contribution in [0.1, 0.15) is 20.3 Å². The van der Waals surface area contributed by atoms with Gasteiger partial charge in [0.2, 0.25) is 5.91 Å². The number of hydrogen-bond acceptors (Lipinski definition) is 4. The molecule has 0 aromatic carbocycles. The van der Waals surface area contributed by atoms with Gasteiger partial charge in [0.25, 0.3) is 0 Å². The van der Waals surface area contributed by atoms with E-state index in [0.717, 1.165) is 0 Å². The second-order valence-electron chi connectivity index (χ2n) is 4.89. The Labute approximate surface area is 110 Å². The fraction of sp³-hybridized carbons (Fsp3) is 0.727. The van der Waals surface area contributed by atoms with E-state index >= 15 is 0 Å². The van der Waals surface area contributed by atoms with E-state index in [4.69, 9.17) is 5.11 Å². The number of nitrogens with one attached hydrogen (secondary N) is 2. The van der Waals surface area contributed by atoms with Crippen molar-refractivity contribution in [3.8, 4) is 0 Å². The van der Waals surface area contributed by atoms with E-state index in [1.165, 1.54) is 11.8 Å². The van der Waals surface area contributed by atoms with Crippen molar-refractivity contribution in [2.45, 2.75) is 31.9 Å². The van der Waals surface area contributed by atoms with E-state index in [1.54, 1.807) is 6.92 Å². The van der Waals surface area contributed by atoms with E-state index in [1.807, 2.05) is 0 Å². The molecule has 0 aliphatic carbocycles. The van der Waals surface area contributed by atoms with Gasteiger partial charge in [0, 0.05) is 19.6 Å². The first kappa shape index (κ1) is 15.2. The molecule has 1 aliphatic heterocycles. The summed E-state index contributed by atoms with van der Waals surface area (Å²) in [5, 5.41) is 23.4. The molecule has 2 atom stereocenters. The predicted octanol–water partition coefficient (Wildman–Crippen LogP) is -1.26. The number of amides is 3. The highest BCUT2D eigenvalue weighted by molar-refractivity contribution is 5.87. The molecule has 1 rings (SSSR count). The number of nitrogens with zero attached hydrogens (tertiary/aromatic N) is 1. The summed E-state index contributed by atoms with van der Waals surface area (Å²) in [7, 11) is 0. The normalized spacial score (nSPS) is 22.4. The molecule has 2 unspecified atom stereocenters. The third kappa shape index (κ3) is 4.40. The quantitative estimate of drug-likeness (QED) is 0.510. The average Bonchev–Trinajstić information content (AvgIpc) is 2.28. The van der Waals surface area contributed by atoms with Crippen LogP contribution < -0.4 is 10.6 Å². The summed E-state index contributed by atoms with van der Waals surface area (Å²) >= 11 is 0. The van der Waals surface area contributed by atoms with E-state index in [9.17, 15) is 19.5 Å². The highest BCUT2D eigenvalue weighted by Crippen LogP contribution is 2.09. The van der Waals surface area contributed by atoms with Gasteiger partial charge in [-0.05, 0) is 13.8 Å². The molecule has 0 aromatic heterocycles. The summed E-state index contributed by atoms with van der Waals surface area (Å²) in [4.78, 5) is 35.1. The maximum Gasteiger partial charge on any atom is 0.318 e. The lowest BCUT2D eigenvalue weighted by Crippen LogP contribution is -2.59. The van der Waals surface area contributed by atoms with Crippen molar-refractivity contribution in [3.63, 3.8) is 0 Å². The molecule has 0 spiro atoms. The molecule has 0 saturated carbocycles. The Bertz CT molecular complexity index is 383. The van der Waals surface area contributed by atoms with Gasteiger partial charge in [-0.1, -0.05) is 0 Å². The zero-order valence-corrected chi connectivity index (χ0v) is 11.0. The Morgan fingerprint density at radius 1 is 1.58 bits per heavy atom. The van der Waals surface area contributed by atoms with E-state index in [-0.39, 0.29) is 12.5 Å². The zero-order chi connectivity index (χ0) is 14.6. The number of hydrogen-bond donors (Lipinski definition) is 4.